The molecule has 1 heterocycles. The SMILES string of the molecule is CCC1OCCC1CNS(=O)(=O)Cc1ccccc1CN. The third-order valence-corrected chi connectivity index (χ3v) is 5.30. The van der Waals surface area contributed by atoms with Gasteiger partial charge >= 0.3 is 0 Å². The van der Waals surface area contributed by atoms with Gasteiger partial charge in [0.1, 0.15) is 0 Å². The summed E-state index contributed by atoms with van der Waals surface area (Å²) in [5, 5.41) is 0. The zero-order chi connectivity index (χ0) is 15.3. The van der Waals surface area contributed by atoms with Gasteiger partial charge in [-0.25, -0.2) is 13.1 Å². The zero-order valence-electron chi connectivity index (χ0n) is 12.4. The van der Waals surface area contributed by atoms with Gasteiger partial charge in [-0.3, -0.25) is 0 Å². The van der Waals surface area contributed by atoms with Gasteiger partial charge in [0.15, 0.2) is 0 Å². The monoisotopic (exact) mass is 312 g/mol. The fourth-order valence-corrected chi connectivity index (χ4v) is 4.03. The van der Waals surface area contributed by atoms with Gasteiger partial charge in [0.05, 0.1) is 11.9 Å². The van der Waals surface area contributed by atoms with Crippen molar-refractivity contribution < 1.29 is 13.2 Å². The van der Waals surface area contributed by atoms with E-state index in [2.05, 4.69) is 11.6 Å². The lowest BCUT2D eigenvalue weighted by molar-refractivity contribution is 0.0884. The molecule has 1 fully saturated rings. The van der Waals surface area contributed by atoms with Gasteiger partial charge in [0.2, 0.25) is 10.0 Å². The first-order valence-corrected chi connectivity index (χ1v) is 9.06. The third kappa shape index (κ3) is 4.51. The van der Waals surface area contributed by atoms with Crippen molar-refractivity contribution in [2.75, 3.05) is 13.2 Å². The number of nitrogens with two attached hydrogens (primary N) is 1. The lowest BCUT2D eigenvalue weighted by Crippen LogP contribution is -2.33. The fraction of sp³-hybridized carbons (Fsp3) is 0.600. The summed E-state index contributed by atoms with van der Waals surface area (Å²) in [7, 11) is -3.35. The molecule has 0 bridgehead atoms. The molecule has 1 aliphatic heterocycles. The second-order valence-corrected chi connectivity index (χ2v) is 7.25. The molecule has 2 atom stereocenters. The first kappa shape index (κ1) is 16.4. The molecule has 0 aromatic heterocycles. The average molecular weight is 312 g/mol. The summed E-state index contributed by atoms with van der Waals surface area (Å²) in [6, 6.07) is 7.38. The molecule has 2 unspecified atom stereocenters. The van der Waals surface area contributed by atoms with E-state index in [1.165, 1.54) is 0 Å². The van der Waals surface area contributed by atoms with Gasteiger partial charge in [0.25, 0.3) is 0 Å². The third-order valence-electron chi connectivity index (χ3n) is 4.00. The molecule has 0 amide bonds. The lowest BCUT2D eigenvalue weighted by atomic mass is 10.0. The molecule has 0 saturated carbocycles. The van der Waals surface area contributed by atoms with Crippen LogP contribution in [0.25, 0.3) is 0 Å². The number of ether oxygens (including phenoxy) is 1. The highest BCUT2D eigenvalue weighted by molar-refractivity contribution is 7.88. The number of rotatable bonds is 7. The molecule has 3 N–H and O–H groups in total. The standard InChI is InChI=1S/C15H24N2O3S/c1-2-15-13(7-8-20-15)10-17-21(18,19)11-14-6-4-3-5-12(14)9-16/h3-6,13,15,17H,2,7-11,16H2,1H3. The lowest BCUT2D eigenvalue weighted by Gasteiger charge is -2.17. The number of hydrogen-bond donors (Lipinski definition) is 2. The van der Waals surface area contributed by atoms with E-state index in [4.69, 9.17) is 10.5 Å². The first-order chi connectivity index (χ1) is 10.1. The molecule has 1 aliphatic rings. The normalized spacial score (nSPS) is 22.6. The topological polar surface area (TPSA) is 81.4 Å². The van der Waals surface area contributed by atoms with Gasteiger partial charge in [0, 0.05) is 25.6 Å². The van der Waals surface area contributed by atoms with E-state index in [1.54, 1.807) is 0 Å². The van der Waals surface area contributed by atoms with Crippen molar-refractivity contribution in [3.05, 3.63) is 35.4 Å². The predicted octanol–water partition coefficient (Wildman–Crippen LogP) is 1.38. The van der Waals surface area contributed by atoms with Crippen LogP contribution in [0.15, 0.2) is 24.3 Å². The van der Waals surface area contributed by atoms with Crippen LogP contribution in [0.5, 0.6) is 0 Å². The van der Waals surface area contributed by atoms with Crippen LogP contribution < -0.4 is 10.5 Å². The van der Waals surface area contributed by atoms with Gasteiger partial charge < -0.3 is 10.5 Å². The molecule has 1 saturated heterocycles. The van der Waals surface area contributed by atoms with Crippen molar-refractivity contribution in [1.82, 2.24) is 4.72 Å². The Morgan fingerprint density at radius 1 is 1.33 bits per heavy atom. The molecule has 2 rings (SSSR count). The molecular formula is C15H24N2O3S. The zero-order valence-corrected chi connectivity index (χ0v) is 13.2. The molecule has 6 heteroatoms. The number of sulfonamides is 1. The maximum Gasteiger partial charge on any atom is 0.215 e. The van der Waals surface area contributed by atoms with Gasteiger partial charge in [-0.05, 0) is 24.0 Å². The Morgan fingerprint density at radius 3 is 2.71 bits per heavy atom. The predicted molar refractivity (Wildman–Crippen MR) is 83.1 cm³/mol. The smallest absolute Gasteiger partial charge is 0.215 e. The Labute approximate surface area is 126 Å². The van der Waals surface area contributed by atoms with E-state index in [1.807, 2.05) is 24.3 Å². The van der Waals surface area contributed by atoms with Crippen molar-refractivity contribution in [2.45, 2.75) is 38.2 Å². The Morgan fingerprint density at radius 2 is 2.05 bits per heavy atom. The first-order valence-electron chi connectivity index (χ1n) is 7.41. The summed E-state index contributed by atoms with van der Waals surface area (Å²) in [5.41, 5.74) is 7.29. The largest absolute Gasteiger partial charge is 0.378 e. The second kappa shape index (κ2) is 7.35. The highest BCUT2D eigenvalue weighted by atomic mass is 32.2. The fourth-order valence-electron chi connectivity index (χ4n) is 2.76. The van der Waals surface area contributed by atoms with Crippen molar-refractivity contribution >= 4 is 10.0 Å². The second-order valence-electron chi connectivity index (χ2n) is 5.45. The van der Waals surface area contributed by atoms with Crippen LogP contribution in [-0.2, 0) is 27.1 Å². The van der Waals surface area contributed by atoms with E-state index in [0.717, 1.165) is 30.6 Å². The van der Waals surface area contributed by atoms with E-state index in [0.29, 0.717) is 13.1 Å². The summed E-state index contributed by atoms with van der Waals surface area (Å²) in [6.07, 6.45) is 2.01. The van der Waals surface area contributed by atoms with E-state index >= 15 is 0 Å². The summed E-state index contributed by atoms with van der Waals surface area (Å²) in [5.74, 6) is 0.250. The summed E-state index contributed by atoms with van der Waals surface area (Å²) >= 11 is 0. The molecule has 1 aromatic rings. The Bertz CT molecular complexity index is 560. The van der Waals surface area contributed by atoms with Crippen LogP contribution in [0.2, 0.25) is 0 Å². The summed E-state index contributed by atoms with van der Waals surface area (Å²) in [4.78, 5) is 0. The molecule has 5 nitrogen and oxygen atoms in total. The summed E-state index contributed by atoms with van der Waals surface area (Å²) in [6.45, 7) is 3.58. The van der Waals surface area contributed by atoms with Crippen molar-refractivity contribution in [1.29, 1.82) is 0 Å². The van der Waals surface area contributed by atoms with Crippen LogP contribution >= 0.6 is 0 Å². The highest BCUT2D eigenvalue weighted by Crippen LogP contribution is 2.23. The highest BCUT2D eigenvalue weighted by Gasteiger charge is 2.27. The van der Waals surface area contributed by atoms with E-state index < -0.39 is 10.0 Å². The molecule has 0 spiro atoms. The molecule has 21 heavy (non-hydrogen) atoms. The van der Waals surface area contributed by atoms with Crippen molar-refractivity contribution in [3.8, 4) is 0 Å². The van der Waals surface area contributed by atoms with E-state index in [9.17, 15) is 8.42 Å². The Kier molecular flexibility index (Phi) is 5.75. The minimum absolute atomic E-state index is 0.0231. The quantitative estimate of drug-likeness (QED) is 0.797. The Hall–Kier alpha value is -0.950. The van der Waals surface area contributed by atoms with Crippen LogP contribution in [-0.4, -0.2) is 27.7 Å². The average Bonchev–Trinajstić information content (AvgIpc) is 2.93. The summed E-state index contributed by atoms with van der Waals surface area (Å²) < 4.78 is 32.8. The van der Waals surface area contributed by atoms with Gasteiger partial charge in [-0.1, -0.05) is 31.2 Å². The van der Waals surface area contributed by atoms with E-state index in [-0.39, 0.29) is 17.8 Å². The molecule has 118 valence electrons. The number of hydrogen-bond acceptors (Lipinski definition) is 4. The van der Waals surface area contributed by atoms with Crippen LogP contribution in [0.1, 0.15) is 30.9 Å². The van der Waals surface area contributed by atoms with Crippen molar-refractivity contribution in [2.24, 2.45) is 11.7 Å². The maximum atomic E-state index is 12.2. The van der Waals surface area contributed by atoms with Gasteiger partial charge in [-0.15, -0.1) is 0 Å². The number of nitrogens with one attached hydrogen (secondary N) is 1. The van der Waals surface area contributed by atoms with Crippen LogP contribution in [0.3, 0.4) is 0 Å². The van der Waals surface area contributed by atoms with Crippen LogP contribution in [0, 0.1) is 5.92 Å². The molecule has 0 aliphatic carbocycles. The van der Waals surface area contributed by atoms with Crippen LogP contribution in [0.4, 0.5) is 0 Å². The minimum atomic E-state index is -3.35. The van der Waals surface area contributed by atoms with Crippen molar-refractivity contribution in [3.63, 3.8) is 0 Å². The maximum absolute atomic E-state index is 12.2. The Balaban J connectivity index is 1.96. The number of benzene rings is 1. The minimum Gasteiger partial charge on any atom is -0.378 e. The van der Waals surface area contributed by atoms with Gasteiger partial charge in [-0.2, -0.15) is 0 Å². The molecule has 1 aromatic carbocycles. The molecular weight excluding hydrogens is 288 g/mol. The molecule has 0 radical (unpaired) electrons.